The number of aliphatic hydroxyl groups is 2. The molecule has 0 rings (SSSR count). The fraction of sp³-hybridized carbons (Fsp3) is 0.926. The van der Waals surface area contributed by atoms with Crippen molar-refractivity contribution in [2.75, 3.05) is 6.61 Å². The van der Waals surface area contributed by atoms with E-state index in [0.717, 1.165) is 51.4 Å². The first kappa shape index (κ1) is 58.6. The van der Waals surface area contributed by atoms with E-state index in [0.29, 0.717) is 19.3 Å². The zero-order valence-electron chi connectivity index (χ0n) is 40.6. The summed E-state index contributed by atoms with van der Waals surface area (Å²) in [6.07, 6.45) is 54.1. The van der Waals surface area contributed by atoms with Crippen molar-refractivity contribution < 1.29 is 24.5 Å². The third-order valence-electron chi connectivity index (χ3n) is 12.6. The second-order valence-corrected chi connectivity index (χ2v) is 18.6. The molecule has 0 aliphatic heterocycles. The van der Waals surface area contributed by atoms with Crippen LogP contribution in [0.2, 0.25) is 0 Å². The van der Waals surface area contributed by atoms with Crippen LogP contribution in [0.15, 0.2) is 12.2 Å². The maximum Gasteiger partial charge on any atom is 0.306 e. The molecule has 0 aliphatic carbocycles. The minimum absolute atomic E-state index is 0.0816. The number of esters is 1. The first-order valence-electron chi connectivity index (χ1n) is 26.9. The zero-order valence-corrected chi connectivity index (χ0v) is 40.6. The fourth-order valence-electron chi connectivity index (χ4n) is 8.49. The lowest BCUT2D eigenvalue weighted by Crippen LogP contribution is -2.46. The zero-order chi connectivity index (χ0) is 43.8. The van der Waals surface area contributed by atoms with Gasteiger partial charge in [-0.05, 0) is 51.4 Å². The SMILES string of the molecule is CCCCCCCCC/C=C/CCCCCCCC(=O)OC(CCCCCCCCCCCCCC)CC(=O)NC(CO)C(O)CCCCCCCCCCCCCCC. The van der Waals surface area contributed by atoms with Crippen LogP contribution in [0.4, 0.5) is 0 Å². The van der Waals surface area contributed by atoms with Gasteiger partial charge in [0.05, 0.1) is 25.2 Å². The van der Waals surface area contributed by atoms with E-state index in [1.54, 1.807) is 0 Å². The van der Waals surface area contributed by atoms with Gasteiger partial charge in [0.25, 0.3) is 0 Å². The Morgan fingerprint density at radius 1 is 0.467 bits per heavy atom. The monoisotopic (exact) mass is 848 g/mol. The van der Waals surface area contributed by atoms with Gasteiger partial charge in [-0.3, -0.25) is 9.59 Å². The number of nitrogens with one attached hydrogen (secondary N) is 1. The summed E-state index contributed by atoms with van der Waals surface area (Å²) in [7, 11) is 0. The largest absolute Gasteiger partial charge is 0.462 e. The van der Waals surface area contributed by atoms with E-state index in [1.165, 1.54) is 199 Å². The van der Waals surface area contributed by atoms with Gasteiger partial charge in [-0.25, -0.2) is 0 Å². The van der Waals surface area contributed by atoms with Crippen molar-refractivity contribution in [3.8, 4) is 0 Å². The van der Waals surface area contributed by atoms with Crippen LogP contribution in [0.1, 0.15) is 297 Å². The molecule has 0 aromatic heterocycles. The van der Waals surface area contributed by atoms with E-state index in [-0.39, 0.29) is 24.9 Å². The lowest BCUT2D eigenvalue weighted by molar-refractivity contribution is -0.151. The second-order valence-electron chi connectivity index (χ2n) is 18.6. The van der Waals surface area contributed by atoms with Gasteiger partial charge in [0.15, 0.2) is 0 Å². The van der Waals surface area contributed by atoms with Crippen LogP contribution in [0, 0.1) is 0 Å². The van der Waals surface area contributed by atoms with Crippen LogP contribution < -0.4 is 5.32 Å². The molecule has 6 nitrogen and oxygen atoms in total. The number of unbranched alkanes of at least 4 members (excludes halogenated alkanes) is 35. The van der Waals surface area contributed by atoms with Crippen molar-refractivity contribution in [2.45, 2.75) is 315 Å². The van der Waals surface area contributed by atoms with Crippen LogP contribution in [0.25, 0.3) is 0 Å². The van der Waals surface area contributed by atoms with E-state index in [1.807, 2.05) is 0 Å². The van der Waals surface area contributed by atoms with Gasteiger partial charge in [0.2, 0.25) is 5.91 Å². The number of ether oxygens (including phenoxy) is 1. The van der Waals surface area contributed by atoms with Crippen molar-refractivity contribution >= 4 is 11.9 Å². The summed E-state index contributed by atoms with van der Waals surface area (Å²) < 4.78 is 5.94. The minimum Gasteiger partial charge on any atom is -0.462 e. The third kappa shape index (κ3) is 43.3. The average Bonchev–Trinajstić information content (AvgIpc) is 3.24. The number of allylic oxidation sites excluding steroid dienone is 2. The number of carbonyl (C=O) groups excluding carboxylic acids is 2. The molecule has 0 bridgehead atoms. The number of hydrogen-bond acceptors (Lipinski definition) is 5. The molecule has 1 amide bonds. The van der Waals surface area contributed by atoms with E-state index in [4.69, 9.17) is 4.74 Å². The lowest BCUT2D eigenvalue weighted by Gasteiger charge is -2.24. The van der Waals surface area contributed by atoms with Crippen LogP contribution in [0.3, 0.4) is 0 Å². The Hall–Kier alpha value is -1.40. The van der Waals surface area contributed by atoms with E-state index in [9.17, 15) is 19.8 Å². The predicted molar refractivity (Wildman–Crippen MR) is 260 cm³/mol. The Kier molecular flexibility index (Phi) is 47.5. The summed E-state index contributed by atoms with van der Waals surface area (Å²) >= 11 is 0. The molecule has 0 aliphatic rings. The molecule has 0 saturated carbocycles. The quantitative estimate of drug-likeness (QED) is 0.0322. The summed E-state index contributed by atoms with van der Waals surface area (Å²) in [5.41, 5.74) is 0. The Labute approximate surface area is 374 Å². The summed E-state index contributed by atoms with van der Waals surface area (Å²) in [6.45, 7) is 6.50. The highest BCUT2D eigenvalue weighted by Gasteiger charge is 2.24. The molecule has 356 valence electrons. The van der Waals surface area contributed by atoms with Gasteiger partial charge < -0.3 is 20.3 Å². The number of rotatable bonds is 49. The molecule has 3 N–H and O–H groups in total. The molecule has 3 atom stereocenters. The normalized spacial score (nSPS) is 13.2. The topological polar surface area (TPSA) is 95.9 Å². The van der Waals surface area contributed by atoms with Gasteiger partial charge in [-0.2, -0.15) is 0 Å². The van der Waals surface area contributed by atoms with Gasteiger partial charge >= 0.3 is 5.97 Å². The molecule has 0 fully saturated rings. The van der Waals surface area contributed by atoms with Crippen molar-refractivity contribution in [2.24, 2.45) is 0 Å². The third-order valence-corrected chi connectivity index (χ3v) is 12.6. The molecular weight excluding hydrogens is 743 g/mol. The van der Waals surface area contributed by atoms with Crippen LogP contribution in [-0.4, -0.2) is 46.9 Å². The van der Waals surface area contributed by atoms with Gasteiger partial charge in [-0.15, -0.1) is 0 Å². The summed E-state index contributed by atoms with van der Waals surface area (Å²) in [6, 6.07) is -0.696. The summed E-state index contributed by atoms with van der Waals surface area (Å²) in [5, 5.41) is 23.8. The first-order valence-corrected chi connectivity index (χ1v) is 26.9. The molecule has 0 heterocycles. The molecule has 0 aromatic carbocycles. The Balaban J connectivity index is 4.51. The number of hydrogen-bond donors (Lipinski definition) is 3. The Bertz CT molecular complexity index is 909. The summed E-state index contributed by atoms with van der Waals surface area (Å²) in [4.78, 5) is 26.2. The summed E-state index contributed by atoms with van der Waals surface area (Å²) in [5.74, 6) is -0.465. The Morgan fingerprint density at radius 3 is 1.18 bits per heavy atom. The number of carbonyl (C=O) groups is 2. The van der Waals surface area contributed by atoms with Gasteiger partial charge in [0, 0.05) is 6.42 Å². The highest BCUT2D eigenvalue weighted by Crippen LogP contribution is 2.18. The van der Waals surface area contributed by atoms with Gasteiger partial charge in [0.1, 0.15) is 6.10 Å². The minimum atomic E-state index is -0.782. The molecule has 60 heavy (non-hydrogen) atoms. The van der Waals surface area contributed by atoms with Gasteiger partial charge in [-0.1, -0.05) is 245 Å². The van der Waals surface area contributed by atoms with Crippen LogP contribution in [-0.2, 0) is 14.3 Å². The van der Waals surface area contributed by atoms with Crippen molar-refractivity contribution in [1.82, 2.24) is 5.32 Å². The van der Waals surface area contributed by atoms with E-state index < -0.39 is 18.2 Å². The maximum absolute atomic E-state index is 13.2. The van der Waals surface area contributed by atoms with Crippen LogP contribution >= 0.6 is 0 Å². The standard InChI is InChI=1S/C54H105NO5/c1-4-7-10-13-16-19-22-25-26-27-29-32-35-38-41-44-47-54(59)60-50(45-42-39-36-33-30-24-21-18-15-12-9-6-3)48-53(58)55-51(49-56)52(57)46-43-40-37-34-31-28-23-20-17-14-11-8-5-2/h26-27,50-52,56-57H,4-25,28-49H2,1-3H3,(H,55,58)/b27-26+. The molecule has 0 radical (unpaired) electrons. The molecule has 0 saturated heterocycles. The van der Waals surface area contributed by atoms with Crippen molar-refractivity contribution in [3.05, 3.63) is 12.2 Å². The van der Waals surface area contributed by atoms with Crippen LogP contribution in [0.5, 0.6) is 0 Å². The molecular formula is C54H105NO5. The second kappa shape index (κ2) is 48.6. The van der Waals surface area contributed by atoms with Crippen molar-refractivity contribution in [3.63, 3.8) is 0 Å². The predicted octanol–water partition coefficient (Wildman–Crippen LogP) is 16.1. The number of aliphatic hydroxyl groups excluding tert-OH is 2. The maximum atomic E-state index is 13.2. The first-order chi connectivity index (χ1) is 29.5. The highest BCUT2D eigenvalue weighted by atomic mass is 16.5. The molecule has 0 spiro atoms. The lowest BCUT2D eigenvalue weighted by atomic mass is 10.0. The Morgan fingerprint density at radius 2 is 0.800 bits per heavy atom. The molecule has 0 aromatic rings. The van der Waals surface area contributed by atoms with E-state index in [2.05, 4.69) is 38.2 Å². The smallest absolute Gasteiger partial charge is 0.306 e. The average molecular weight is 848 g/mol. The molecule has 6 heteroatoms. The molecule has 3 unspecified atom stereocenters. The van der Waals surface area contributed by atoms with E-state index >= 15 is 0 Å². The van der Waals surface area contributed by atoms with Crippen molar-refractivity contribution in [1.29, 1.82) is 0 Å². The number of amides is 1. The highest BCUT2D eigenvalue weighted by molar-refractivity contribution is 5.77. The fourth-order valence-corrected chi connectivity index (χ4v) is 8.49.